The minimum atomic E-state index is -0.188. The summed E-state index contributed by atoms with van der Waals surface area (Å²) in [5.41, 5.74) is 1.81. The fourth-order valence-electron chi connectivity index (χ4n) is 4.45. The lowest BCUT2D eigenvalue weighted by Crippen LogP contribution is -2.43. The Hall–Kier alpha value is -1.13. The number of halogens is 2. The topological polar surface area (TPSA) is 58.1 Å². The molecular formula is C23H38FIN4O2. The summed E-state index contributed by atoms with van der Waals surface area (Å²) in [7, 11) is 1.77. The van der Waals surface area contributed by atoms with Crippen LogP contribution in [0.2, 0.25) is 0 Å². The predicted molar refractivity (Wildman–Crippen MR) is 135 cm³/mol. The Bertz CT molecular complexity index is 692. The van der Waals surface area contributed by atoms with Crippen LogP contribution in [0, 0.1) is 11.2 Å². The van der Waals surface area contributed by atoms with E-state index in [0.717, 1.165) is 50.7 Å². The molecule has 1 aliphatic heterocycles. The number of anilines is 1. The molecule has 0 spiro atoms. The van der Waals surface area contributed by atoms with Gasteiger partial charge in [0.25, 0.3) is 0 Å². The summed E-state index contributed by atoms with van der Waals surface area (Å²) in [5, 5.41) is 6.85. The van der Waals surface area contributed by atoms with Crippen LogP contribution in [0.25, 0.3) is 0 Å². The first-order chi connectivity index (χ1) is 14.7. The van der Waals surface area contributed by atoms with Gasteiger partial charge in [-0.25, -0.2) is 9.38 Å². The number of ether oxygens (including phenoxy) is 2. The smallest absolute Gasteiger partial charge is 0.191 e. The molecule has 3 rings (SSSR count). The standard InChI is InChI=1S/C23H37FN4O2.HI/c1-3-25-22(27-18-23(10-13-29-2)8-4-5-9-23)26-17-19-6-7-21(20(24)16-19)28-11-14-30-15-12-28;/h6-7,16H,3-5,8-15,17-18H2,1-2H3,(H2,25,26,27);1H. The van der Waals surface area contributed by atoms with Gasteiger partial charge in [-0.05, 0) is 49.3 Å². The minimum absolute atomic E-state index is 0. The molecule has 8 heteroatoms. The fraction of sp³-hybridized carbons (Fsp3) is 0.696. The number of hydrogen-bond acceptors (Lipinski definition) is 4. The molecule has 2 aliphatic rings. The number of nitrogens with zero attached hydrogens (tertiary/aromatic N) is 2. The van der Waals surface area contributed by atoms with E-state index >= 15 is 0 Å². The molecule has 176 valence electrons. The molecule has 2 fully saturated rings. The van der Waals surface area contributed by atoms with Gasteiger partial charge >= 0.3 is 0 Å². The molecule has 31 heavy (non-hydrogen) atoms. The van der Waals surface area contributed by atoms with Gasteiger partial charge in [0, 0.05) is 39.9 Å². The number of morpholine rings is 1. The molecule has 0 radical (unpaired) electrons. The Morgan fingerprint density at radius 3 is 2.61 bits per heavy atom. The number of methoxy groups -OCH3 is 1. The van der Waals surface area contributed by atoms with Crippen molar-refractivity contribution in [2.75, 3.05) is 58.0 Å². The van der Waals surface area contributed by atoms with Gasteiger partial charge in [0.2, 0.25) is 0 Å². The Balaban J connectivity index is 0.00000341. The van der Waals surface area contributed by atoms with Crippen LogP contribution >= 0.6 is 24.0 Å². The maximum absolute atomic E-state index is 14.7. The number of guanidine groups is 1. The van der Waals surface area contributed by atoms with Gasteiger partial charge < -0.3 is 25.0 Å². The molecule has 1 aromatic rings. The first kappa shape index (κ1) is 26.1. The highest BCUT2D eigenvalue weighted by atomic mass is 127. The Kier molecular flexibility index (Phi) is 11.3. The number of benzene rings is 1. The van der Waals surface area contributed by atoms with E-state index in [2.05, 4.69) is 17.6 Å². The molecule has 1 aromatic carbocycles. The first-order valence-electron chi connectivity index (χ1n) is 11.3. The monoisotopic (exact) mass is 548 g/mol. The average molecular weight is 548 g/mol. The van der Waals surface area contributed by atoms with Crippen LogP contribution in [0.15, 0.2) is 23.2 Å². The Morgan fingerprint density at radius 2 is 1.97 bits per heavy atom. The SMILES string of the molecule is CCNC(=NCc1ccc(N2CCOCC2)c(F)c1)NCC1(CCOC)CCCC1.I. The normalized spacial score (nSPS) is 18.5. The Morgan fingerprint density at radius 1 is 1.23 bits per heavy atom. The van der Waals surface area contributed by atoms with E-state index in [9.17, 15) is 4.39 Å². The number of hydrogen-bond donors (Lipinski definition) is 2. The Labute approximate surface area is 203 Å². The maximum Gasteiger partial charge on any atom is 0.191 e. The fourth-order valence-corrected chi connectivity index (χ4v) is 4.45. The van der Waals surface area contributed by atoms with Gasteiger partial charge in [0.1, 0.15) is 5.82 Å². The van der Waals surface area contributed by atoms with Crippen molar-refractivity contribution in [3.63, 3.8) is 0 Å². The molecule has 0 amide bonds. The van der Waals surface area contributed by atoms with Crippen molar-refractivity contribution < 1.29 is 13.9 Å². The lowest BCUT2D eigenvalue weighted by Gasteiger charge is -2.30. The molecule has 6 nitrogen and oxygen atoms in total. The highest BCUT2D eigenvalue weighted by Gasteiger charge is 2.33. The zero-order valence-electron chi connectivity index (χ0n) is 18.9. The molecular weight excluding hydrogens is 510 g/mol. The zero-order chi connectivity index (χ0) is 21.2. The van der Waals surface area contributed by atoms with E-state index in [1.54, 1.807) is 13.2 Å². The third-order valence-corrected chi connectivity index (χ3v) is 6.26. The van der Waals surface area contributed by atoms with Crippen LogP contribution < -0.4 is 15.5 Å². The molecule has 0 aromatic heterocycles. The molecule has 0 atom stereocenters. The summed E-state index contributed by atoms with van der Waals surface area (Å²) >= 11 is 0. The summed E-state index contributed by atoms with van der Waals surface area (Å²) in [4.78, 5) is 6.74. The third-order valence-electron chi connectivity index (χ3n) is 6.26. The number of nitrogens with one attached hydrogen (secondary N) is 2. The predicted octanol–water partition coefficient (Wildman–Crippen LogP) is 3.93. The van der Waals surface area contributed by atoms with Crippen LogP contribution in [0.4, 0.5) is 10.1 Å². The second-order valence-corrected chi connectivity index (χ2v) is 8.38. The summed E-state index contributed by atoms with van der Waals surface area (Å²) < 4.78 is 25.3. The highest BCUT2D eigenvalue weighted by Crippen LogP contribution is 2.40. The van der Waals surface area contributed by atoms with Crippen LogP contribution in [-0.4, -0.2) is 59.1 Å². The minimum Gasteiger partial charge on any atom is -0.385 e. The summed E-state index contributed by atoms with van der Waals surface area (Å²) in [6.07, 6.45) is 6.11. The van der Waals surface area contributed by atoms with Crippen molar-refractivity contribution in [1.29, 1.82) is 0 Å². The molecule has 1 saturated heterocycles. The molecule has 2 N–H and O–H groups in total. The van der Waals surface area contributed by atoms with E-state index in [1.807, 2.05) is 17.0 Å². The highest BCUT2D eigenvalue weighted by molar-refractivity contribution is 14.0. The van der Waals surface area contributed by atoms with Gasteiger partial charge in [-0.2, -0.15) is 0 Å². The molecule has 1 saturated carbocycles. The van der Waals surface area contributed by atoms with Crippen LogP contribution in [0.5, 0.6) is 0 Å². The van der Waals surface area contributed by atoms with Gasteiger partial charge in [-0.1, -0.05) is 18.9 Å². The van der Waals surface area contributed by atoms with E-state index in [-0.39, 0.29) is 35.2 Å². The zero-order valence-corrected chi connectivity index (χ0v) is 21.3. The van der Waals surface area contributed by atoms with E-state index < -0.39 is 0 Å². The van der Waals surface area contributed by atoms with Crippen molar-refractivity contribution in [3.8, 4) is 0 Å². The summed E-state index contributed by atoms with van der Waals surface area (Å²) in [6, 6.07) is 5.44. The van der Waals surface area contributed by atoms with Gasteiger partial charge in [-0.3, -0.25) is 0 Å². The van der Waals surface area contributed by atoms with Gasteiger partial charge in [-0.15, -0.1) is 24.0 Å². The van der Waals surface area contributed by atoms with Crippen molar-refractivity contribution in [2.24, 2.45) is 10.4 Å². The van der Waals surface area contributed by atoms with Crippen LogP contribution in [0.3, 0.4) is 0 Å². The van der Waals surface area contributed by atoms with Crippen LogP contribution in [0.1, 0.15) is 44.6 Å². The van der Waals surface area contributed by atoms with E-state index in [1.165, 1.54) is 25.7 Å². The first-order valence-corrected chi connectivity index (χ1v) is 11.3. The molecule has 0 bridgehead atoms. The summed E-state index contributed by atoms with van der Waals surface area (Å²) in [5.74, 6) is 0.603. The van der Waals surface area contributed by atoms with Crippen molar-refractivity contribution >= 4 is 35.6 Å². The van der Waals surface area contributed by atoms with Gasteiger partial charge in [0.15, 0.2) is 5.96 Å². The van der Waals surface area contributed by atoms with E-state index in [0.29, 0.717) is 25.4 Å². The molecule has 1 aliphatic carbocycles. The van der Waals surface area contributed by atoms with Crippen molar-refractivity contribution in [2.45, 2.75) is 45.6 Å². The van der Waals surface area contributed by atoms with E-state index in [4.69, 9.17) is 14.5 Å². The number of aliphatic imine (C=N–C) groups is 1. The lowest BCUT2D eigenvalue weighted by molar-refractivity contribution is 0.122. The quantitative estimate of drug-likeness (QED) is 0.278. The molecule has 0 unspecified atom stereocenters. The summed E-state index contributed by atoms with van der Waals surface area (Å²) in [6.45, 7) is 7.74. The van der Waals surface area contributed by atoms with Crippen molar-refractivity contribution in [3.05, 3.63) is 29.6 Å². The average Bonchev–Trinajstić information content (AvgIpc) is 3.24. The van der Waals surface area contributed by atoms with Crippen LogP contribution in [-0.2, 0) is 16.0 Å². The second-order valence-electron chi connectivity index (χ2n) is 8.38. The van der Waals surface area contributed by atoms with Crippen molar-refractivity contribution in [1.82, 2.24) is 10.6 Å². The number of rotatable bonds is 9. The molecule has 1 heterocycles. The maximum atomic E-state index is 14.7. The lowest BCUT2D eigenvalue weighted by atomic mass is 9.83. The third kappa shape index (κ3) is 7.75. The largest absolute Gasteiger partial charge is 0.385 e. The second kappa shape index (κ2) is 13.4. The van der Waals surface area contributed by atoms with Gasteiger partial charge in [0.05, 0.1) is 25.4 Å².